The van der Waals surface area contributed by atoms with E-state index in [1.54, 1.807) is 32.2 Å². The summed E-state index contributed by atoms with van der Waals surface area (Å²) in [6, 6.07) is 6.90. The average molecular weight is 462 g/mol. The Kier molecular flexibility index (Phi) is 7.21. The summed E-state index contributed by atoms with van der Waals surface area (Å²) in [5, 5.41) is 2.62. The van der Waals surface area contributed by atoms with Crippen molar-refractivity contribution < 1.29 is 17.6 Å². The molecule has 1 amide bonds. The van der Waals surface area contributed by atoms with E-state index in [-0.39, 0.29) is 31.1 Å². The highest BCUT2D eigenvalue weighted by Gasteiger charge is 2.22. The van der Waals surface area contributed by atoms with Gasteiger partial charge in [0.1, 0.15) is 12.4 Å². The van der Waals surface area contributed by atoms with Gasteiger partial charge in [0.05, 0.1) is 16.9 Å². The van der Waals surface area contributed by atoms with Crippen LogP contribution in [-0.2, 0) is 27.9 Å². The van der Waals surface area contributed by atoms with E-state index < -0.39 is 27.3 Å². The lowest BCUT2D eigenvalue weighted by Gasteiger charge is -2.19. The molecule has 0 aliphatic carbocycles. The molecule has 11 heteroatoms. The maximum Gasteiger partial charge on any atom is 0.251 e. The molecular weight excluding hydrogens is 437 g/mol. The molecule has 0 radical (unpaired) electrons. The second-order valence-electron chi connectivity index (χ2n) is 6.95. The summed E-state index contributed by atoms with van der Waals surface area (Å²) < 4.78 is 43.5. The fourth-order valence-electron chi connectivity index (χ4n) is 3.18. The van der Waals surface area contributed by atoms with E-state index in [0.29, 0.717) is 11.3 Å². The molecule has 0 saturated carbocycles. The largest absolute Gasteiger partial charge is 0.350 e. The van der Waals surface area contributed by atoms with Gasteiger partial charge in [0.15, 0.2) is 0 Å². The van der Waals surface area contributed by atoms with E-state index in [2.05, 4.69) is 10.3 Å². The Balaban J connectivity index is 1.69. The number of nitrogens with one attached hydrogen (secondary N) is 1. The molecule has 3 rings (SSSR count). The van der Waals surface area contributed by atoms with Gasteiger partial charge in [0.25, 0.3) is 5.56 Å². The first-order chi connectivity index (χ1) is 15.3. The molecule has 170 valence electrons. The molecule has 1 aromatic carbocycles. The van der Waals surface area contributed by atoms with E-state index in [1.807, 2.05) is 0 Å². The Bertz CT molecular complexity index is 1250. The number of carbonyl (C=O) groups excluding carboxylic acids is 1. The van der Waals surface area contributed by atoms with Crippen molar-refractivity contribution in [3.8, 4) is 5.69 Å². The monoisotopic (exact) mass is 461 g/mol. The third kappa shape index (κ3) is 5.11. The van der Waals surface area contributed by atoms with Gasteiger partial charge in [-0.25, -0.2) is 17.8 Å². The Morgan fingerprint density at radius 1 is 1.19 bits per heavy atom. The number of benzene rings is 1. The number of sulfonamides is 1. The number of imidazole rings is 1. The summed E-state index contributed by atoms with van der Waals surface area (Å²) in [6.07, 6.45) is 5.80. The minimum Gasteiger partial charge on any atom is -0.350 e. The molecule has 2 aromatic heterocycles. The number of nitrogens with zero attached hydrogens (tertiary/aromatic N) is 4. The van der Waals surface area contributed by atoms with Crippen LogP contribution in [0.4, 0.5) is 4.39 Å². The van der Waals surface area contributed by atoms with Crippen LogP contribution in [0.1, 0.15) is 19.4 Å². The van der Waals surface area contributed by atoms with Gasteiger partial charge < -0.3 is 14.5 Å². The average Bonchev–Trinajstić information content (AvgIpc) is 3.29. The highest BCUT2D eigenvalue weighted by molar-refractivity contribution is 7.89. The summed E-state index contributed by atoms with van der Waals surface area (Å²) in [7, 11) is -3.77. The van der Waals surface area contributed by atoms with Crippen LogP contribution < -0.4 is 10.9 Å². The van der Waals surface area contributed by atoms with Crippen molar-refractivity contribution in [2.45, 2.75) is 31.8 Å². The SMILES string of the molecule is CCN(CC)S(=O)(=O)c1ccc(=O)n(CC(=O)NCc2ccc(-n3ccnc3)c(F)c2)c1. The maximum atomic E-state index is 14.3. The number of aromatic nitrogens is 3. The first-order valence-electron chi connectivity index (χ1n) is 10.00. The molecule has 0 unspecified atom stereocenters. The second kappa shape index (κ2) is 9.88. The van der Waals surface area contributed by atoms with Gasteiger partial charge in [-0.3, -0.25) is 9.59 Å². The highest BCUT2D eigenvalue weighted by atomic mass is 32.2. The molecule has 32 heavy (non-hydrogen) atoms. The molecule has 9 nitrogen and oxygen atoms in total. The van der Waals surface area contributed by atoms with Crippen molar-refractivity contribution in [2.24, 2.45) is 0 Å². The number of hydrogen-bond acceptors (Lipinski definition) is 5. The zero-order chi connectivity index (χ0) is 23.3. The molecule has 1 N–H and O–H groups in total. The minimum absolute atomic E-state index is 0.0478. The fourth-order valence-corrected chi connectivity index (χ4v) is 4.66. The van der Waals surface area contributed by atoms with Gasteiger partial charge in [0.2, 0.25) is 15.9 Å². The Labute approximate surface area is 185 Å². The molecule has 0 bridgehead atoms. The molecule has 0 spiro atoms. The van der Waals surface area contributed by atoms with Gasteiger partial charge in [0, 0.05) is 44.3 Å². The summed E-state index contributed by atoms with van der Waals surface area (Å²) in [6.45, 7) is 3.69. The van der Waals surface area contributed by atoms with E-state index in [4.69, 9.17) is 0 Å². The first kappa shape index (κ1) is 23.4. The van der Waals surface area contributed by atoms with Crippen molar-refractivity contribution in [2.75, 3.05) is 13.1 Å². The van der Waals surface area contributed by atoms with Gasteiger partial charge in [-0.05, 0) is 23.8 Å². The van der Waals surface area contributed by atoms with Crippen molar-refractivity contribution in [3.05, 3.63) is 77.0 Å². The summed E-state index contributed by atoms with van der Waals surface area (Å²) in [5.41, 5.74) is 0.356. The number of amides is 1. The highest BCUT2D eigenvalue weighted by Crippen LogP contribution is 2.15. The smallest absolute Gasteiger partial charge is 0.251 e. The maximum absolute atomic E-state index is 14.3. The van der Waals surface area contributed by atoms with Gasteiger partial charge >= 0.3 is 0 Å². The van der Waals surface area contributed by atoms with E-state index in [0.717, 1.165) is 16.8 Å². The molecular formula is C21H24FN5O4S. The van der Waals surface area contributed by atoms with Crippen LogP contribution >= 0.6 is 0 Å². The fraction of sp³-hybridized carbons (Fsp3) is 0.286. The summed E-state index contributed by atoms with van der Waals surface area (Å²) in [4.78, 5) is 28.3. The topological polar surface area (TPSA) is 106 Å². The molecule has 0 aliphatic heterocycles. The number of rotatable bonds is 9. The van der Waals surface area contributed by atoms with E-state index >= 15 is 0 Å². The Morgan fingerprint density at radius 3 is 2.56 bits per heavy atom. The Morgan fingerprint density at radius 2 is 1.94 bits per heavy atom. The van der Waals surface area contributed by atoms with Crippen molar-refractivity contribution in [3.63, 3.8) is 0 Å². The van der Waals surface area contributed by atoms with Crippen LogP contribution in [0.2, 0.25) is 0 Å². The number of halogens is 1. The zero-order valence-electron chi connectivity index (χ0n) is 17.7. The van der Waals surface area contributed by atoms with Crippen molar-refractivity contribution in [1.82, 2.24) is 23.7 Å². The number of carbonyl (C=O) groups is 1. The van der Waals surface area contributed by atoms with Crippen LogP contribution in [-0.4, -0.2) is 45.8 Å². The van der Waals surface area contributed by atoms with Crippen LogP contribution in [0, 0.1) is 5.82 Å². The third-order valence-corrected chi connectivity index (χ3v) is 6.93. The lowest BCUT2D eigenvalue weighted by Crippen LogP contribution is -2.34. The first-order valence-corrected chi connectivity index (χ1v) is 11.4. The van der Waals surface area contributed by atoms with Crippen molar-refractivity contribution >= 4 is 15.9 Å². The van der Waals surface area contributed by atoms with Crippen LogP contribution in [0.3, 0.4) is 0 Å². The molecule has 0 fully saturated rings. The third-order valence-electron chi connectivity index (χ3n) is 4.90. The quantitative estimate of drug-likeness (QED) is 0.520. The lowest BCUT2D eigenvalue weighted by atomic mass is 10.2. The standard InChI is InChI=1S/C21H24FN5O4S/c1-3-27(4-2)32(30,31)17-6-8-21(29)26(13-17)14-20(28)24-12-16-5-7-19(18(22)11-16)25-10-9-23-15-25/h5-11,13,15H,3-4,12,14H2,1-2H3,(H,24,28). The van der Waals surface area contributed by atoms with Crippen LogP contribution in [0.5, 0.6) is 0 Å². The normalized spacial score (nSPS) is 11.6. The number of pyridine rings is 1. The Hall–Kier alpha value is -3.31. The van der Waals surface area contributed by atoms with E-state index in [9.17, 15) is 22.4 Å². The zero-order valence-corrected chi connectivity index (χ0v) is 18.5. The molecule has 3 aromatic rings. The molecule has 2 heterocycles. The second-order valence-corrected chi connectivity index (χ2v) is 8.89. The molecule has 0 aliphatic rings. The van der Waals surface area contributed by atoms with Crippen LogP contribution in [0.25, 0.3) is 5.69 Å². The van der Waals surface area contributed by atoms with Gasteiger partial charge in [-0.1, -0.05) is 19.9 Å². The van der Waals surface area contributed by atoms with Crippen molar-refractivity contribution in [1.29, 1.82) is 0 Å². The predicted molar refractivity (Wildman–Crippen MR) is 116 cm³/mol. The molecule has 0 atom stereocenters. The lowest BCUT2D eigenvalue weighted by molar-refractivity contribution is -0.121. The van der Waals surface area contributed by atoms with Gasteiger partial charge in [-0.2, -0.15) is 4.31 Å². The summed E-state index contributed by atoms with van der Waals surface area (Å²) in [5.74, 6) is -0.983. The van der Waals surface area contributed by atoms with E-state index in [1.165, 1.54) is 33.5 Å². The molecule has 0 saturated heterocycles. The minimum atomic E-state index is -3.77. The van der Waals surface area contributed by atoms with Crippen LogP contribution in [0.15, 0.2) is 64.9 Å². The number of hydrogen-bond donors (Lipinski definition) is 1. The summed E-state index contributed by atoms with van der Waals surface area (Å²) >= 11 is 0. The van der Waals surface area contributed by atoms with Gasteiger partial charge in [-0.15, -0.1) is 0 Å². The predicted octanol–water partition coefficient (Wildman–Crippen LogP) is 1.52.